The summed E-state index contributed by atoms with van der Waals surface area (Å²) in [4.78, 5) is 0. The molecule has 3 aromatic carbocycles. The van der Waals surface area contributed by atoms with Gasteiger partial charge >= 0.3 is 0 Å². The SMILES string of the molecule is CCC(=C(c1ccc(O)cc1)c1ccc(OCC2CO2)cc1)c1ccc2c(c1)OCO2. The number of epoxide rings is 1. The minimum absolute atomic E-state index is 0.227. The van der Waals surface area contributed by atoms with E-state index in [-0.39, 0.29) is 18.6 Å². The summed E-state index contributed by atoms with van der Waals surface area (Å²) >= 11 is 0. The van der Waals surface area contributed by atoms with Crippen LogP contribution in [0.4, 0.5) is 0 Å². The number of phenolic OH excluding ortho intramolecular Hbond substituents is 1. The Labute approximate surface area is 181 Å². The fourth-order valence-corrected chi connectivity index (χ4v) is 3.82. The second-order valence-electron chi connectivity index (χ2n) is 7.61. The van der Waals surface area contributed by atoms with Crippen molar-refractivity contribution in [2.75, 3.05) is 20.0 Å². The van der Waals surface area contributed by atoms with Gasteiger partial charge in [-0.25, -0.2) is 0 Å². The Morgan fingerprint density at radius 2 is 1.55 bits per heavy atom. The molecule has 5 heteroatoms. The van der Waals surface area contributed by atoms with E-state index in [1.807, 2.05) is 36.4 Å². The predicted octanol–water partition coefficient (Wildman–Crippen LogP) is 5.27. The van der Waals surface area contributed by atoms with Gasteiger partial charge in [0.15, 0.2) is 11.5 Å². The summed E-state index contributed by atoms with van der Waals surface area (Å²) in [5, 5.41) is 9.80. The van der Waals surface area contributed by atoms with Crippen molar-refractivity contribution in [3.05, 3.63) is 83.4 Å². The van der Waals surface area contributed by atoms with Crippen LogP contribution in [0.3, 0.4) is 0 Å². The first-order valence-electron chi connectivity index (χ1n) is 10.5. The highest BCUT2D eigenvalue weighted by Gasteiger charge is 2.23. The van der Waals surface area contributed by atoms with Crippen molar-refractivity contribution in [3.8, 4) is 23.0 Å². The molecule has 2 aliphatic rings. The average Bonchev–Trinajstić information content (AvgIpc) is 3.52. The Kier molecular flexibility index (Phi) is 5.26. The number of rotatable bonds is 7. The van der Waals surface area contributed by atoms with Crippen LogP contribution in [0, 0.1) is 0 Å². The smallest absolute Gasteiger partial charge is 0.231 e. The monoisotopic (exact) mass is 416 g/mol. The molecule has 0 amide bonds. The fourth-order valence-electron chi connectivity index (χ4n) is 3.82. The van der Waals surface area contributed by atoms with Crippen LogP contribution < -0.4 is 14.2 Å². The van der Waals surface area contributed by atoms with Gasteiger partial charge in [0.1, 0.15) is 24.2 Å². The summed E-state index contributed by atoms with van der Waals surface area (Å²) in [6.45, 7) is 3.76. The molecule has 0 aromatic heterocycles. The molecule has 0 aliphatic carbocycles. The van der Waals surface area contributed by atoms with E-state index >= 15 is 0 Å². The molecule has 5 rings (SSSR count). The summed E-state index contributed by atoms with van der Waals surface area (Å²) in [5.74, 6) is 2.60. The lowest BCUT2D eigenvalue weighted by Gasteiger charge is -2.17. The van der Waals surface area contributed by atoms with Crippen molar-refractivity contribution in [3.63, 3.8) is 0 Å². The quantitative estimate of drug-likeness (QED) is 0.420. The summed E-state index contributed by atoms with van der Waals surface area (Å²) in [6.07, 6.45) is 1.05. The van der Waals surface area contributed by atoms with Gasteiger partial charge in [-0.2, -0.15) is 0 Å². The second-order valence-corrected chi connectivity index (χ2v) is 7.61. The maximum Gasteiger partial charge on any atom is 0.231 e. The van der Waals surface area contributed by atoms with Crippen LogP contribution in [0.25, 0.3) is 11.1 Å². The van der Waals surface area contributed by atoms with E-state index in [1.165, 1.54) is 5.57 Å². The van der Waals surface area contributed by atoms with E-state index in [4.69, 9.17) is 18.9 Å². The molecule has 1 saturated heterocycles. The molecular weight excluding hydrogens is 392 g/mol. The van der Waals surface area contributed by atoms with Crippen molar-refractivity contribution in [2.45, 2.75) is 19.4 Å². The third kappa shape index (κ3) is 4.23. The zero-order valence-corrected chi connectivity index (χ0v) is 17.3. The highest BCUT2D eigenvalue weighted by molar-refractivity contribution is 5.99. The predicted molar refractivity (Wildman–Crippen MR) is 119 cm³/mol. The van der Waals surface area contributed by atoms with Gasteiger partial charge in [0, 0.05) is 0 Å². The van der Waals surface area contributed by atoms with Gasteiger partial charge in [0.05, 0.1) is 6.61 Å². The minimum atomic E-state index is 0.227. The maximum absolute atomic E-state index is 9.80. The Morgan fingerprint density at radius 3 is 2.23 bits per heavy atom. The lowest BCUT2D eigenvalue weighted by atomic mass is 9.88. The van der Waals surface area contributed by atoms with E-state index in [9.17, 15) is 5.11 Å². The van der Waals surface area contributed by atoms with Gasteiger partial charge in [-0.1, -0.05) is 37.3 Å². The molecule has 3 aromatic rings. The number of fused-ring (bicyclic) bond motifs is 1. The zero-order chi connectivity index (χ0) is 21.2. The van der Waals surface area contributed by atoms with E-state index in [2.05, 4.69) is 25.1 Å². The molecule has 158 valence electrons. The van der Waals surface area contributed by atoms with Crippen LogP contribution in [-0.2, 0) is 4.74 Å². The molecule has 1 unspecified atom stereocenters. The van der Waals surface area contributed by atoms with Gasteiger partial charge in [-0.15, -0.1) is 0 Å². The lowest BCUT2D eigenvalue weighted by molar-refractivity contribution is 0.174. The van der Waals surface area contributed by atoms with E-state index in [0.717, 1.165) is 52.5 Å². The molecule has 0 bridgehead atoms. The summed E-state index contributed by atoms with van der Waals surface area (Å²) in [5.41, 5.74) is 5.49. The molecule has 2 heterocycles. The first kappa shape index (κ1) is 19.5. The van der Waals surface area contributed by atoms with Gasteiger partial charge < -0.3 is 24.1 Å². The van der Waals surface area contributed by atoms with Crippen molar-refractivity contribution in [1.29, 1.82) is 0 Å². The lowest BCUT2D eigenvalue weighted by Crippen LogP contribution is -2.04. The normalized spacial score (nSPS) is 17.3. The Bertz CT molecular complexity index is 1100. The first-order chi connectivity index (χ1) is 15.2. The Hall–Kier alpha value is -3.44. The van der Waals surface area contributed by atoms with Crippen LogP contribution in [0.2, 0.25) is 0 Å². The third-order valence-electron chi connectivity index (χ3n) is 5.51. The summed E-state index contributed by atoms with van der Waals surface area (Å²) in [7, 11) is 0. The largest absolute Gasteiger partial charge is 0.508 e. The first-order valence-corrected chi connectivity index (χ1v) is 10.5. The second kappa shape index (κ2) is 8.36. The zero-order valence-electron chi connectivity index (χ0n) is 17.3. The molecule has 31 heavy (non-hydrogen) atoms. The number of hydrogen-bond acceptors (Lipinski definition) is 5. The summed E-state index contributed by atoms with van der Waals surface area (Å²) in [6, 6.07) is 21.5. The highest BCUT2D eigenvalue weighted by atomic mass is 16.7. The van der Waals surface area contributed by atoms with Gasteiger partial charge in [0.2, 0.25) is 6.79 Å². The standard InChI is InChI=1S/C26H24O5/c1-2-23(19-7-12-24-25(13-19)31-16-30-24)26(17-3-8-20(27)9-4-17)18-5-10-21(11-6-18)28-14-22-15-29-22/h3-13,22,27H,2,14-16H2,1H3. The molecule has 5 nitrogen and oxygen atoms in total. The summed E-state index contributed by atoms with van der Waals surface area (Å²) < 4.78 is 22.1. The number of benzene rings is 3. The van der Waals surface area contributed by atoms with Crippen LogP contribution in [0.15, 0.2) is 66.7 Å². The van der Waals surface area contributed by atoms with Crippen molar-refractivity contribution in [1.82, 2.24) is 0 Å². The van der Waals surface area contributed by atoms with Gasteiger partial charge in [0.25, 0.3) is 0 Å². The minimum Gasteiger partial charge on any atom is -0.508 e. The van der Waals surface area contributed by atoms with Crippen molar-refractivity contribution < 1.29 is 24.1 Å². The molecule has 0 radical (unpaired) electrons. The molecule has 1 atom stereocenters. The third-order valence-corrected chi connectivity index (χ3v) is 5.51. The number of aromatic hydroxyl groups is 1. The number of phenols is 1. The van der Waals surface area contributed by atoms with Crippen LogP contribution in [0.5, 0.6) is 23.0 Å². The molecular formula is C26H24O5. The van der Waals surface area contributed by atoms with Gasteiger partial charge in [-0.05, 0) is 70.7 Å². The van der Waals surface area contributed by atoms with Crippen LogP contribution in [0.1, 0.15) is 30.0 Å². The molecule has 0 spiro atoms. The van der Waals surface area contributed by atoms with E-state index in [0.29, 0.717) is 6.61 Å². The van der Waals surface area contributed by atoms with E-state index < -0.39 is 0 Å². The van der Waals surface area contributed by atoms with E-state index in [1.54, 1.807) is 12.1 Å². The Balaban J connectivity index is 1.58. The average molecular weight is 416 g/mol. The molecule has 2 aliphatic heterocycles. The molecule has 0 saturated carbocycles. The topological polar surface area (TPSA) is 60.5 Å². The fraction of sp³-hybridized carbons (Fsp3) is 0.231. The maximum atomic E-state index is 9.80. The Morgan fingerprint density at radius 1 is 0.903 bits per heavy atom. The number of hydrogen-bond donors (Lipinski definition) is 1. The molecule has 1 N–H and O–H groups in total. The van der Waals surface area contributed by atoms with Crippen LogP contribution >= 0.6 is 0 Å². The van der Waals surface area contributed by atoms with Crippen LogP contribution in [-0.4, -0.2) is 31.2 Å². The number of allylic oxidation sites excluding steroid dienone is 1. The number of ether oxygens (including phenoxy) is 4. The highest BCUT2D eigenvalue weighted by Crippen LogP contribution is 2.40. The van der Waals surface area contributed by atoms with Gasteiger partial charge in [-0.3, -0.25) is 0 Å². The van der Waals surface area contributed by atoms with Crippen molar-refractivity contribution >= 4 is 11.1 Å². The van der Waals surface area contributed by atoms with Crippen molar-refractivity contribution in [2.24, 2.45) is 0 Å². The molecule has 1 fully saturated rings.